The largest absolute Gasteiger partial charge is 0.381 e. The molecule has 0 fully saturated rings. The van der Waals surface area contributed by atoms with Crippen LogP contribution in [0.2, 0.25) is 0 Å². The quantitative estimate of drug-likeness (QED) is 0.531. The third-order valence-electron chi connectivity index (χ3n) is 5.39. The van der Waals surface area contributed by atoms with E-state index in [-0.39, 0.29) is 24.6 Å². The summed E-state index contributed by atoms with van der Waals surface area (Å²) in [7, 11) is 0. The zero-order chi connectivity index (χ0) is 23.3. The Labute approximate surface area is 186 Å². The molecule has 3 rings (SSSR count). The van der Waals surface area contributed by atoms with Gasteiger partial charge in [-0.05, 0) is 36.5 Å². The first-order valence-electron chi connectivity index (χ1n) is 10.5. The van der Waals surface area contributed by atoms with E-state index in [1.54, 1.807) is 6.92 Å². The van der Waals surface area contributed by atoms with Crippen molar-refractivity contribution < 1.29 is 18.7 Å². The fourth-order valence-corrected chi connectivity index (χ4v) is 3.64. The number of nitrogens with zero attached hydrogens (tertiary/aromatic N) is 3. The summed E-state index contributed by atoms with van der Waals surface area (Å²) >= 11 is 0. The number of benzene rings is 2. The molecule has 32 heavy (non-hydrogen) atoms. The molecule has 8 heteroatoms. The van der Waals surface area contributed by atoms with Crippen molar-refractivity contribution in [3.8, 4) is 0 Å². The lowest BCUT2D eigenvalue weighted by atomic mass is 9.92. The molecule has 170 valence electrons. The number of carbonyl (C=O) groups excluding carboxylic acids is 1. The van der Waals surface area contributed by atoms with Gasteiger partial charge in [0.05, 0.1) is 19.0 Å². The molecule has 2 N–H and O–H groups in total. The molecular formula is C24H28F2N4O2. The SMILES string of the molecule is CC(C)Cc1ccc([C@H](C)C(=O)NC[C@](O)(Cn2cncn2)c2ccc(F)cc2F)cc1. The van der Waals surface area contributed by atoms with E-state index in [2.05, 4.69) is 29.2 Å². The second-order valence-electron chi connectivity index (χ2n) is 8.53. The Kier molecular flexibility index (Phi) is 7.35. The van der Waals surface area contributed by atoms with Crippen molar-refractivity contribution in [2.24, 2.45) is 5.92 Å². The van der Waals surface area contributed by atoms with Crippen LogP contribution in [0.5, 0.6) is 0 Å². The summed E-state index contributed by atoms with van der Waals surface area (Å²) in [6.07, 6.45) is 3.61. The minimum absolute atomic E-state index is 0.139. The van der Waals surface area contributed by atoms with Gasteiger partial charge in [0.1, 0.15) is 29.9 Å². The van der Waals surface area contributed by atoms with Gasteiger partial charge >= 0.3 is 0 Å². The molecule has 0 unspecified atom stereocenters. The minimum atomic E-state index is -1.86. The topological polar surface area (TPSA) is 80.0 Å². The van der Waals surface area contributed by atoms with Gasteiger partial charge in [-0.2, -0.15) is 5.10 Å². The molecule has 0 saturated heterocycles. The average Bonchev–Trinajstić information content (AvgIpc) is 3.24. The second-order valence-corrected chi connectivity index (χ2v) is 8.53. The van der Waals surface area contributed by atoms with Crippen LogP contribution in [0.25, 0.3) is 0 Å². The molecule has 0 aliphatic heterocycles. The van der Waals surface area contributed by atoms with Crippen molar-refractivity contribution in [2.45, 2.75) is 45.3 Å². The average molecular weight is 443 g/mol. The molecule has 0 radical (unpaired) electrons. The number of aromatic nitrogens is 3. The van der Waals surface area contributed by atoms with Gasteiger partial charge < -0.3 is 10.4 Å². The molecule has 2 aromatic carbocycles. The van der Waals surface area contributed by atoms with E-state index in [0.717, 1.165) is 18.1 Å². The maximum absolute atomic E-state index is 14.5. The Morgan fingerprint density at radius 3 is 2.47 bits per heavy atom. The minimum Gasteiger partial charge on any atom is -0.381 e. The summed E-state index contributed by atoms with van der Waals surface area (Å²) in [5.41, 5.74) is 0.0376. The number of aliphatic hydroxyl groups is 1. The summed E-state index contributed by atoms with van der Waals surface area (Å²) in [6, 6.07) is 10.8. The molecule has 0 spiro atoms. The van der Waals surface area contributed by atoms with Crippen molar-refractivity contribution in [3.63, 3.8) is 0 Å². The first-order valence-corrected chi connectivity index (χ1v) is 10.5. The third kappa shape index (κ3) is 5.76. The first kappa shape index (κ1) is 23.5. The Bertz CT molecular complexity index is 1040. The van der Waals surface area contributed by atoms with E-state index in [9.17, 15) is 18.7 Å². The molecule has 1 amide bonds. The van der Waals surface area contributed by atoms with Crippen molar-refractivity contribution in [2.75, 3.05) is 6.54 Å². The normalized spacial score (nSPS) is 14.2. The van der Waals surface area contributed by atoms with Crippen molar-refractivity contribution >= 4 is 5.91 Å². The van der Waals surface area contributed by atoms with Crippen LogP contribution >= 0.6 is 0 Å². The number of carbonyl (C=O) groups is 1. The second kappa shape index (κ2) is 9.99. The van der Waals surface area contributed by atoms with E-state index in [0.29, 0.717) is 12.0 Å². The molecule has 1 aromatic heterocycles. The predicted octanol–water partition coefficient (Wildman–Crippen LogP) is 3.56. The van der Waals surface area contributed by atoms with Gasteiger partial charge in [-0.1, -0.05) is 44.2 Å². The van der Waals surface area contributed by atoms with Crippen molar-refractivity contribution in [1.29, 1.82) is 0 Å². The number of halogens is 2. The molecule has 0 aliphatic carbocycles. The van der Waals surface area contributed by atoms with E-state index in [1.807, 2.05) is 24.3 Å². The molecule has 1 heterocycles. The Morgan fingerprint density at radius 1 is 1.16 bits per heavy atom. The van der Waals surface area contributed by atoms with Gasteiger partial charge in [-0.25, -0.2) is 18.4 Å². The number of amides is 1. The fourth-order valence-electron chi connectivity index (χ4n) is 3.64. The van der Waals surface area contributed by atoms with Crippen LogP contribution in [-0.4, -0.2) is 32.3 Å². The third-order valence-corrected chi connectivity index (χ3v) is 5.39. The molecule has 6 nitrogen and oxygen atoms in total. The molecule has 0 bridgehead atoms. The highest BCUT2D eigenvalue weighted by Gasteiger charge is 2.34. The van der Waals surface area contributed by atoms with Crippen LogP contribution in [-0.2, 0) is 23.4 Å². The van der Waals surface area contributed by atoms with Gasteiger partial charge in [-0.15, -0.1) is 0 Å². The zero-order valence-corrected chi connectivity index (χ0v) is 18.4. The summed E-state index contributed by atoms with van der Waals surface area (Å²) in [5.74, 6) is -1.92. The summed E-state index contributed by atoms with van der Waals surface area (Å²) in [6.45, 7) is 5.60. The van der Waals surface area contributed by atoms with E-state index >= 15 is 0 Å². The first-order chi connectivity index (χ1) is 15.2. The molecule has 2 atom stereocenters. The predicted molar refractivity (Wildman–Crippen MR) is 117 cm³/mol. The maximum Gasteiger partial charge on any atom is 0.227 e. The van der Waals surface area contributed by atoms with Gasteiger partial charge in [0.2, 0.25) is 5.91 Å². The highest BCUT2D eigenvalue weighted by Crippen LogP contribution is 2.27. The van der Waals surface area contributed by atoms with Crippen molar-refractivity contribution in [1.82, 2.24) is 20.1 Å². The Hall–Kier alpha value is -3.13. The molecule has 3 aromatic rings. The number of hydrogen-bond acceptors (Lipinski definition) is 4. The van der Waals surface area contributed by atoms with Gasteiger partial charge in [-0.3, -0.25) is 4.79 Å². The number of nitrogens with one attached hydrogen (secondary N) is 1. The zero-order valence-electron chi connectivity index (χ0n) is 18.4. The number of rotatable bonds is 9. The van der Waals surface area contributed by atoms with E-state index < -0.39 is 23.2 Å². The summed E-state index contributed by atoms with van der Waals surface area (Å²) in [5, 5.41) is 17.9. The van der Waals surface area contributed by atoms with Crippen molar-refractivity contribution in [3.05, 3.63) is 83.4 Å². The van der Waals surface area contributed by atoms with Crippen LogP contribution in [0.15, 0.2) is 55.1 Å². The van der Waals surface area contributed by atoms with E-state index in [1.165, 1.54) is 29.0 Å². The lowest BCUT2D eigenvalue weighted by Gasteiger charge is -2.29. The van der Waals surface area contributed by atoms with Crippen LogP contribution in [0, 0.1) is 17.6 Å². The monoisotopic (exact) mass is 442 g/mol. The summed E-state index contributed by atoms with van der Waals surface area (Å²) < 4.78 is 29.2. The van der Waals surface area contributed by atoms with Crippen LogP contribution < -0.4 is 5.32 Å². The van der Waals surface area contributed by atoms with Gasteiger partial charge in [0.15, 0.2) is 0 Å². The number of hydrogen-bond donors (Lipinski definition) is 2. The van der Waals surface area contributed by atoms with Crippen LogP contribution in [0.4, 0.5) is 8.78 Å². The summed E-state index contributed by atoms with van der Waals surface area (Å²) in [4.78, 5) is 16.6. The fraction of sp³-hybridized carbons (Fsp3) is 0.375. The van der Waals surface area contributed by atoms with Crippen LogP contribution in [0.3, 0.4) is 0 Å². The van der Waals surface area contributed by atoms with Crippen LogP contribution in [0.1, 0.15) is 43.4 Å². The van der Waals surface area contributed by atoms with E-state index in [4.69, 9.17) is 0 Å². The Balaban J connectivity index is 1.75. The molecule has 0 saturated carbocycles. The Morgan fingerprint density at radius 2 is 1.88 bits per heavy atom. The lowest BCUT2D eigenvalue weighted by Crippen LogP contribution is -2.45. The standard InChI is InChI=1S/C24H28F2N4O2/c1-16(2)10-18-4-6-19(7-5-18)17(3)23(31)28-12-24(32,13-30-15-27-14-29-30)21-9-8-20(25)11-22(21)26/h4-9,11,14-17,32H,10,12-13H2,1-3H3,(H,28,31)/t17-,24-/m0/s1. The van der Waals surface area contributed by atoms with Gasteiger partial charge in [0.25, 0.3) is 0 Å². The maximum atomic E-state index is 14.5. The van der Waals surface area contributed by atoms with Gasteiger partial charge in [0, 0.05) is 11.6 Å². The highest BCUT2D eigenvalue weighted by atomic mass is 19.1. The smallest absolute Gasteiger partial charge is 0.227 e. The highest BCUT2D eigenvalue weighted by molar-refractivity contribution is 5.83. The molecule has 0 aliphatic rings. The lowest BCUT2D eigenvalue weighted by molar-refractivity contribution is -0.123. The molecular weight excluding hydrogens is 414 g/mol.